The van der Waals surface area contributed by atoms with Crippen molar-refractivity contribution in [3.63, 3.8) is 0 Å². The van der Waals surface area contributed by atoms with E-state index in [0.29, 0.717) is 25.9 Å². The van der Waals surface area contributed by atoms with Crippen LogP contribution in [0, 0.1) is 5.92 Å². The molecule has 0 saturated carbocycles. The fraction of sp³-hybridized carbons (Fsp3) is 0.750. The molecule has 1 saturated heterocycles. The van der Waals surface area contributed by atoms with Gasteiger partial charge in [0.2, 0.25) is 17.7 Å². The van der Waals surface area contributed by atoms with Crippen molar-refractivity contribution in [1.29, 1.82) is 0 Å². The van der Waals surface area contributed by atoms with Crippen LogP contribution in [-0.2, 0) is 14.4 Å². The molecule has 0 aromatic carbocycles. The van der Waals surface area contributed by atoms with Crippen LogP contribution in [0.1, 0.15) is 26.2 Å². The molecule has 0 aliphatic carbocycles. The van der Waals surface area contributed by atoms with Gasteiger partial charge >= 0.3 is 0 Å². The molecule has 0 spiro atoms. The van der Waals surface area contributed by atoms with E-state index >= 15 is 0 Å². The lowest BCUT2D eigenvalue weighted by Gasteiger charge is -2.28. The van der Waals surface area contributed by atoms with Gasteiger partial charge in [-0.15, -0.1) is 0 Å². The Kier molecular flexibility index (Phi) is 5.61. The molecule has 0 radical (unpaired) electrons. The maximum atomic E-state index is 12.2. The molecule has 2 N–H and O–H groups in total. The largest absolute Gasteiger partial charge is 0.358 e. The number of rotatable bonds is 5. The lowest BCUT2D eigenvalue weighted by molar-refractivity contribution is -0.141. The Morgan fingerprint density at radius 1 is 1.50 bits per heavy atom. The van der Waals surface area contributed by atoms with E-state index in [9.17, 15) is 14.4 Å². The summed E-state index contributed by atoms with van der Waals surface area (Å²) in [5.74, 6) is -0.414. The summed E-state index contributed by atoms with van der Waals surface area (Å²) in [6, 6.07) is 0. The standard InChI is InChI=1S/C12H21N3O3/c1-3-6-15(8-11(17)13-2)12(18)9-4-5-10(16)14-7-9/h9H,3-8H2,1-2H3,(H,13,17)(H,14,16). The van der Waals surface area contributed by atoms with E-state index in [4.69, 9.17) is 0 Å². The van der Waals surface area contributed by atoms with Crippen molar-refractivity contribution in [2.75, 3.05) is 26.7 Å². The molecule has 1 rings (SSSR count). The van der Waals surface area contributed by atoms with Crippen molar-refractivity contribution in [2.45, 2.75) is 26.2 Å². The summed E-state index contributed by atoms with van der Waals surface area (Å²) < 4.78 is 0. The number of nitrogens with one attached hydrogen (secondary N) is 2. The monoisotopic (exact) mass is 255 g/mol. The zero-order chi connectivity index (χ0) is 13.5. The molecule has 6 nitrogen and oxygen atoms in total. The smallest absolute Gasteiger partial charge is 0.239 e. The predicted molar refractivity (Wildman–Crippen MR) is 66.7 cm³/mol. The van der Waals surface area contributed by atoms with Gasteiger partial charge in [-0.1, -0.05) is 6.92 Å². The Morgan fingerprint density at radius 2 is 2.22 bits per heavy atom. The summed E-state index contributed by atoms with van der Waals surface area (Å²) in [7, 11) is 1.55. The number of amides is 3. The molecule has 1 aliphatic heterocycles. The molecule has 1 unspecified atom stereocenters. The zero-order valence-corrected chi connectivity index (χ0v) is 11.0. The topological polar surface area (TPSA) is 78.5 Å². The molecule has 0 aromatic rings. The van der Waals surface area contributed by atoms with Crippen LogP contribution in [0.15, 0.2) is 0 Å². The molecule has 102 valence electrons. The van der Waals surface area contributed by atoms with Gasteiger partial charge in [0.1, 0.15) is 0 Å². The summed E-state index contributed by atoms with van der Waals surface area (Å²) in [4.78, 5) is 36.2. The van der Waals surface area contributed by atoms with E-state index in [1.807, 2.05) is 6.92 Å². The van der Waals surface area contributed by atoms with Crippen LogP contribution in [0.4, 0.5) is 0 Å². The van der Waals surface area contributed by atoms with Crippen LogP contribution in [0.25, 0.3) is 0 Å². The Balaban J connectivity index is 2.58. The van der Waals surface area contributed by atoms with E-state index in [-0.39, 0.29) is 30.2 Å². The van der Waals surface area contributed by atoms with Crippen LogP contribution >= 0.6 is 0 Å². The van der Waals surface area contributed by atoms with E-state index < -0.39 is 0 Å². The molecule has 18 heavy (non-hydrogen) atoms. The fourth-order valence-corrected chi connectivity index (χ4v) is 1.99. The summed E-state index contributed by atoms with van der Waals surface area (Å²) >= 11 is 0. The molecule has 1 atom stereocenters. The van der Waals surface area contributed by atoms with Gasteiger partial charge in [-0.3, -0.25) is 14.4 Å². The third-order valence-corrected chi connectivity index (χ3v) is 3.03. The number of carbonyl (C=O) groups is 3. The van der Waals surface area contributed by atoms with Gasteiger partial charge in [-0.05, 0) is 12.8 Å². The third-order valence-electron chi connectivity index (χ3n) is 3.03. The minimum absolute atomic E-state index is 0.00704. The molecule has 6 heteroatoms. The average Bonchev–Trinajstić information content (AvgIpc) is 2.38. The number of piperidine rings is 1. The first-order valence-corrected chi connectivity index (χ1v) is 6.34. The minimum Gasteiger partial charge on any atom is -0.358 e. The highest BCUT2D eigenvalue weighted by Gasteiger charge is 2.28. The Morgan fingerprint density at radius 3 is 2.72 bits per heavy atom. The Labute approximate surface area is 107 Å². The average molecular weight is 255 g/mol. The van der Waals surface area contributed by atoms with E-state index in [2.05, 4.69) is 10.6 Å². The van der Waals surface area contributed by atoms with Crippen LogP contribution in [0.5, 0.6) is 0 Å². The second-order valence-electron chi connectivity index (χ2n) is 4.47. The van der Waals surface area contributed by atoms with Crippen LogP contribution in [-0.4, -0.2) is 49.3 Å². The van der Waals surface area contributed by atoms with Gasteiger partial charge in [-0.25, -0.2) is 0 Å². The predicted octanol–water partition coefficient (Wildman–Crippen LogP) is -0.503. The van der Waals surface area contributed by atoms with Gasteiger partial charge in [0, 0.05) is 26.6 Å². The highest BCUT2D eigenvalue weighted by Crippen LogP contribution is 2.14. The maximum Gasteiger partial charge on any atom is 0.239 e. The number of hydrogen-bond donors (Lipinski definition) is 2. The Bertz CT molecular complexity index is 321. The summed E-state index contributed by atoms with van der Waals surface area (Å²) in [6.07, 6.45) is 1.76. The molecule has 3 amide bonds. The second-order valence-corrected chi connectivity index (χ2v) is 4.47. The van der Waals surface area contributed by atoms with Gasteiger partial charge in [0.15, 0.2) is 0 Å². The number of nitrogens with zero attached hydrogens (tertiary/aromatic N) is 1. The first-order valence-electron chi connectivity index (χ1n) is 6.34. The zero-order valence-electron chi connectivity index (χ0n) is 11.0. The molecule has 0 aromatic heterocycles. The lowest BCUT2D eigenvalue weighted by Crippen LogP contribution is -2.47. The summed E-state index contributed by atoms with van der Waals surface area (Å²) in [5, 5.41) is 5.21. The van der Waals surface area contributed by atoms with E-state index in [1.165, 1.54) is 0 Å². The Hall–Kier alpha value is -1.59. The first kappa shape index (κ1) is 14.5. The van der Waals surface area contributed by atoms with Gasteiger partial charge in [0.05, 0.1) is 12.5 Å². The third kappa shape index (κ3) is 4.01. The highest BCUT2D eigenvalue weighted by atomic mass is 16.2. The normalized spacial score (nSPS) is 19.0. The molecule has 1 aliphatic rings. The van der Waals surface area contributed by atoms with Crippen molar-refractivity contribution in [1.82, 2.24) is 15.5 Å². The maximum absolute atomic E-state index is 12.2. The highest BCUT2D eigenvalue weighted by molar-refractivity contribution is 5.87. The number of carbonyl (C=O) groups excluding carboxylic acids is 3. The SMILES string of the molecule is CCCN(CC(=O)NC)C(=O)C1CCC(=O)NC1. The van der Waals surface area contributed by atoms with Crippen molar-refractivity contribution in [2.24, 2.45) is 5.92 Å². The van der Waals surface area contributed by atoms with Crippen LogP contribution in [0.2, 0.25) is 0 Å². The van der Waals surface area contributed by atoms with Crippen molar-refractivity contribution < 1.29 is 14.4 Å². The van der Waals surface area contributed by atoms with Crippen LogP contribution in [0.3, 0.4) is 0 Å². The summed E-state index contributed by atoms with van der Waals surface area (Å²) in [5.41, 5.74) is 0. The molecule has 0 bridgehead atoms. The van der Waals surface area contributed by atoms with Gasteiger partial charge < -0.3 is 15.5 Å². The van der Waals surface area contributed by atoms with Crippen molar-refractivity contribution in [3.05, 3.63) is 0 Å². The molecular weight excluding hydrogens is 234 g/mol. The summed E-state index contributed by atoms with van der Waals surface area (Å²) in [6.45, 7) is 3.00. The number of hydrogen-bond acceptors (Lipinski definition) is 3. The van der Waals surface area contributed by atoms with E-state index in [0.717, 1.165) is 6.42 Å². The van der Waals surface area contributed by atoms with Crippen molar-refractivity contribution in [3.8, 4) is 0 Å². The lowest BCUT2D eigenvalue weighted by atomic mass is 9.97. The quantitative estimate of drug-likeness (QED) is 0.695. The van der Waals surface area contributed by atoms with Crippen molar-refractivity contribution >= 4 is 17.7 Å². The van der Waals surface area contributed by atoms with E-state index in [1.54, 1.807) is 11.9 Å². The molecule has 1 heterocycles. The fourth-order valence-electron chi connectivity index (χ4n) is 1.99. The van der Waals surface area contributed by atoms with Gasteiger partial charge in [0.25, 0.3) is 0 Å². The first-order chi connectivity index (χ1) is 8.58. The number of likely N-dealkylation sites (N-methyl/N-ethyl adjacent to an activating group) is 1. The van der Waals surface area contributed by atoms with Crippen LogP contribution < -0.4 is 10.6 Å². The molecular formula is C12H21N3O3. The minimum atomic E-state index is -0.195. The second kappa shape index (κ2) is 6.98. The molecule has 1 fully saturated rings. The van der Waals surface area contributed by atoms with Gasteiger partial charge in [-0.2, -0.15) is 0 Å².